The van der Waals surface area contributed by atoms with Gasteiger partial charge >= 0.3 is 0 Å². The number of sulfonamides is 1. The Balaban J connectivity index is 1.53. The highest BCUT2D eigenvalue weighted by atomic mass is 32.2. The number of nitrogens with zero attached hydrogens (tertiary/aromatic N) is 4. The third kappa shape index (κ3) is 4.08. The highest BCUT2D eigenvalue weighted by Gasteiger charge is 2.28. The smallest absolute Gasteiger partial charge is 0.214 e. The van der Waals surface area contributed by atoms with Gasteiger partial charge in [-0.1, -0.05) is 6.07 Å². The highest BCUT2D eigenvalue weighted by Crippen LogP contribution is 2.22. The van der Waals surface area contributed by atoms with Crippen molar-refractivity contribution in [3.05, 3.63) is 42.6 Å². The first-order valence-electron chi connectivity index (χ1n) is 7.87. The quantitative estimate of drug-likeness (QED) is 0.753. The van der Waals surface area contributed by atoms with E-state index in [1.54, 1.807) is 22.9 Å². The number of H-pyrrole nitrogens is 1. The van der Waals surface area contributed by atoms with Gasteiger partial charge in [-0.05, 0) is 18.6 Å². The van der Waals surface area contributed by atoms with E-state index >= 15 is 0 Å². The fourth-order valence-corrected chi connectivity index (χ4v) is 4.68. The molecule has 0 aliphatic carbocycles. The van der Waals surface area contributed by atoms with Crippen LogP contribution in [0.4, 0.5) is 5.82 Å². The van der Waals surface area contributed by atoms with Crippen molar-refractivity contribution < 1.29 is 8.42 Å². The topological polar surface area (TPSA) is 82.2 Å². The Hall–Kier alpha value is -1.58. The number of piperazine rings is 1. The van der Waals surface area contributed by atoms with Crippen molar-refractivity contribution in [2.45, 2.75) is 11.7 Å². The molecule has 0 spiro atoms. The summed E-state index contributed by atoms with van der Waals surface area (Å²) in [5.41, 5.74) is 0. The molecule has 2 aromatic heterocycles. The second-order valence-corrected chi connectivity index (χ2v) is 8.38. The van der Waals surface area contributed by atoms with Crippen LogP contribution in [0.2, 0.25) is 0 Å². The molecule has 24 heavy (non-hydrogen) atoms. The minimum absolute atomic E-state index is 0.0749. The summed E-state index contributed by atoms with van der Waals surface area (Å²) < 4.78 is 26.6. The lowest BCUT2D eigenvalue weighted by Gasteiger charge is -2.34. The summed E-state index contributed by atoms with van der Waals surface area (Å²) in [6.07, 6.45) is 5.53. The molecule has 1 unspecified atom stereocenters. The number of pyridine rings is 1. The first-order chi connectivity index (χ1) is 11.6. The lowest BCUT2D eigenvalue weighted by atomic mass is 10.3. The first-order valence-corrected chi connectivity index (χ1v) is 10.00. The second kappa shape index (κ2) is 7.54. The maximum atomic E-state index is 12.5. The second-order valence-electron chi connectivity index (χ2n) is 5.67. The monoisotopic (exact) mass is 367 g/mol. The van der Waals surface area contributed by atoms with Crippen LogP contribution in [0.25, 0.3) is 0 Å². The Morgan fingerprint density at radius 3 is 2.58 bits per heavy atom. The molecule has 2 aromatic rings. The molecule has 0 bridgehead atoms. The Bertz CT molecular complexity index is 728. The van der Waals surface area contributed by atoms with E-state index < -0.39 is 10.0 Å². The van der Waals surface area contributed by atoms with Crippen molar-refractivity contribution in [3.63, 3.8) is 0 Å². The minimum Gasteiger partial charge on any atom is -0.354 e. The maximum absolute atomic E-state index is 12.5. The third-order valence-electron chi connectivity index (χ3n) is 4.09. The average Bonchev–Trinajstić information content (AvgIpc) is 3.15. The fraction of sp³-hybridized carbons (Fsp3) is 0.467. The maximum Gasteiger partial charge on any atom is 0.214 e. The normalized spacial score (nSPS) is 17.8. The Morgan fingerprint density at radius 1 is 1.17 bits per heavy atom. The summed E-state index contributed by atoms with van der Waals surface area (Å²) in [7, 11) is -3.28. The number of imidazole rings is 1. The summed E-state index contributed by atoms with van der Waals surface area (Å²) in [4.78, 5) is 13.5. The molecule has 1 aliphatic heterocycles. The van der Waals surface area contributed by atoms with E-state index in [2.05, 4.69) is 32.5 Å². The van der Waals surface area contributed by atoms with Gasteiger partial charge < -0.3 is 9.88 Å². The van der Waals surface area contributed by atoms with Gasteiger partial charge in [0.1, 0.15) is 11.6 Å². The van der Waals surface area contributed by atoms with Gasteiger partial charge in [0.15, 0.2) is 0 Å². The molecule has 1 atom stereocenters. The van der Waals surface area contributed by atoms with Crippen LogP contribution in [0.15, 0.2) is 36.8 Å². The zero-order chi connectivity index (χ0) is 17.0. The van der Waals surface area contributed by atoms with Gasteiger partial charge in [-0.2, -0.15) is 16.9 Å². The molecular formula is C15H21N5O2S2. The average molecular weight is 368 g/mol. The lowest BCUT2D eigenvalue weighted by molar-refractivity contribution is 0.383. The van der Waals surface area contributed by atoms with E-state index in [1.165, 1.54) is 0 Å². The van der Waals surface area contributed by atoms with Crippen LogP contribution in [-0.4, -0.2) is 59.6 Å². The molecule has 1 fully saturated rings. The zero-order valence-electron chi connectivity index (χ0n) is 13.2. The third-order valence-corrected chi connectivity index (χ3v) is 6.50. The zero-order valence-corrected chi connectivity index (χ0v) is 15.0. The number of aromatic amines is 1. The lowest BCUT2D eigenvalue weighted by Crippen LogP contribution is -2.49. The predicted octanol–water partition coefficient (Wildman–Crippen LogP) is 1.32. The van der Waals surface area contributed by atoms with Crippen molar-refractivity contribution in [2.75, 3.05) is 36.8 Å². The number of rotatable bonds is 6. The highest BCUT2D eigenvalue weighted by molar-refractivity contribution is 7.89. The summed E-state index contributed by atoms with van der Waals surface area (Å²) in [5.74, 6) is 1.67. The molecule has 1 saturated heterocycles. The molecule has 9 heteroatoms. The van der Waals surface area contributed by atoms with Gasteiger partial charge in [-0.15, -0.1) is 0 Å². The molecule has 0 amide bonds. The van der Waals surface area contributed by atoms with Crippen molar-refractivity contribution in [1.82, 2.24) is 19.3 Å². The van der Waals surface area contributed by atoms with Crippen LogP contribution in [0.5, 0.6) is 0 Å². The summed E-state index contributed by atoms with van der Waals surface area (Å²) in [6, 6.07) is 5.75. The molecule has 130 valence electrons. The number of hydrogen-bond donors (Lipinski definition) is 2. The molecule has 1 N–H and O–H groups in total. The number of hydrogen-bond acceptors (Lipinski definition) is 6. The molecule has 0 radical (unpaired) electrons. The number of nitrogens with one attached hydrogen (secondary N) is 1. The van der Waals surface area contributed by atoms with Gasteiger partial charge in [0.2, 0.25) is 10.0 Å². The molecule has 1 aliphatic rings. The molecule has 3 rings (SSSR count). The van der Waals surface area contributed by atoms with E-state index in [1.807, 2.05) is 18.2 Å². The minimum atomic E-state index is -3.28. The van der Waals surface area contributed by atoms with E-state index in [4.69, 9.17) is 0 Å². The van der Waals surface area contributed by atoms with Gasteiger partial charge in [0, 0.05) is 44.8 Å². The molecular weight excluding hydrogens is 346 g/mol. The Morgan fingerprint density at radius 2 is 1.96 bits per heavy atom. The van der Waals surface area contributed by atoms with Crippen LogP contribution in [0.1, 0.15) is 17.5 Å². The largest absolute Gasteiger partial charge is 0.354 e. The molecule has 3 heterocycles. The van der Waals surface area contributed by atoms with Gasteiger partial charge in [-0.3, -0.25) is 0 Å². The van der Waals surface area contributed by atoms with E-state index in [0.717, 1.165) is 5.82 Å². The van der Waals surface area contributed by atoms with Crippen molar-refractivity contribution in [3.8, 4) is 0 Å². The molecule has 7 nitrogen and oxygen atoms in total. The Kier molecular flexibility index (Phi) is 5.42. The van der Waals surface area contributed by atoms with Crippen LogP contribution in [0.3, 0.4) is 0 Å². The number of anilines is 1. The van der Waals surface area contributed by atoms with E-state index in [0.29, 0.717) is 38.4 Å². The van der Waals surface area contributed by atoms with Crippen LogP contribution in [-0.2, 0) is 10.0 Å². The van der Waals surface area contributed by atoms with Gasteiger partial charge in [-0.25, -0.2) is 18.4 Å². The van der Waals surface area contributed by atoms with E-state index in [9.17, 15) is 8.42 Å². The van der Waals surface area contributed by atoms with Crippen LogP contribution >= 0.6 is 12.6 Å². The standard InChI is InChI=1S/C15H21N5O2S2/c21-24(22,12-4-13(23)15-17-6-7-18-15)20-10-8-19(9-11-20)14-3-1-2-5-16-14/h1-3,5-7,13,23H,4,8-12H2,(H,17,18). The predicted molar refractivity (Wildman–Crippen MR) is 96.7 cm³/mol. The molecule has 0 aromatic carbocycles. The van der Waals surface area contributed by atoms with Crippen molar-refractivity contribution in [2.24, 2.45) is 0 Å². The number of aromatic nitrogens is 3. The van der Waals surface area contributed by atoms with Gasteiger partial charge in [0.25, 0.3) is 0 Å². The van der Waals surface area contributed by atoms with Crippen molar-refractivity contribution in [1.29, 1.82) is 0 Å². The fourth-order valence-electron chi connectivity index (χ4n) is 2.72. The Labute approximate surface area is 147 Å². The summed E-state index contributed by atoms with van der Waals surface area (Å²) in [5, 5.41) is -0.204. The van der Waals surface area contributed by atoms with Crippen LogP contribution < -0.4 is 4.90 Å². The van der Waals surface area contributed by atoms with Crippen LogP contribution in [0, 0.1) is 0 Å². The number of thiol groups is 1. The van der Waals surface area contributed by atoms with E-state index in [-0.39, 0.29) is 11.0 Å². The summed E-state index contributed by atoms with van der Waals surface area (Å²) >= 11 is 4.43. The van der Waals surface area contributed by atoms with Crippen molar-refractivity contribution >= 4 is 28.5 Å². The molecule has 0 saturated carbocycles. The first kappa shape index (κ1) is 17.2. The SMILES string of the molecule is O=S(=O)(CCC(S)c1ncc[nH]1)N1CCN(c2ccccn2)CC1. The summed E-state index contributed by atoms with van der Waals surface area (Å²) in [6.45, 7) is 2.27. The van der Waals surface area contributed by atoms with Gasteiger partial charge in [0.05, 0.1) is 11.0 Å².